The van der Waals surface area contributed by atoms with Gasteiger partial charge >= 0.3 is 0 Å². The van der Waals surface area contributed by atoms with Gasteiger partial charge in [0.05, 0.1) is 10.2 Å². The highest BCUT2D eigenvalue weighted by atomic mass is 32.1. The molecule has 0 atom stereocenters. The molecular formula is C19H26N4OS. The molecule has 2 heterocycles. The van der Waals surface area contributed by atoms with Gasteiger partial charge in [0.25, 0.3) is 0 Å². The lowest BCUT2D eigenvalue weighted by Gasteiger charge is -2.31. The molecule has 0 spiro atoms. The number of aromatic nitrogens is 1. The van der Waals surface area contributed by atoms with Crippen molar-refractivity contribution < 1.29 is 4.79 Å². The summed E-state index contributed by atoms with van der Waals surface area (Å²) in [5.74, 6) is 0.370. The predicted molar refractivity (Wildman–Crippen MR) is 105 cm³/mol. The van der Waals surface area contributed by atoms with Crippen molar-refractivity contribution in [3.63, 3.8) is 0 Å². The van der Waals surface area contributed by atoms with E-state index in [0.29, 0.717) is 0 Å². The lowest BCUT2D eigenvalue weighted by molar-refractivity contribution is -0.120. The van der Waals surface area contributed by atoms with Crippen LogP contribution in [0, 0.1) is 5.92 Å². The van der Waals surface area contributed by atoms with Crippen LogP contribution in [0.15, 0.2) is 18.2 Å². The van der Waals surface area contributed by atoms with Crippen LogP contribution < -0.4 is 10.2 Å². The second kappa shape index (κ2) is 7.30. The van der Waals surface area contributed by atoms with E-state index >= 15 is 0 Å². The molecule has 6 heteroatoms. The SMILES string of the molecule is CN1CCN(c2nc3ccc(NC(=O)C4CCCCC4)cc3s2)CC1. The highest BCUT2D eigenvalue weighted by molar-refractivity contribution is 7.22. The van der Waals surface area contributed by atoms with Gasteiger partial charge in [0.2, 0.25) is 5.91 Å². The molecule has 1 saturated carbocycles. The summed E-state index contributed by atoms with van der Waals surface area (Å²) >= 11 is 1.73. The maximum absolute atomic E-state index is 12.5. The lowest BCUT2D eigenvalue weighted by atomic mass is 9.88. The third-order valence-electron chi connectivity index (χ3n) is 5.39. The van der Waals surface area contributed by atoms with Gasteiger partial charge in [-0.05, 0) is 38.1 Å². The van der Waals surface area contributed by atoms with E-state index in [1.807, 2.05) is 12.1 Å². The zero-order valence-corrected chi connectivity index (χ0v) is 15.6. The third kappa shape index (κ3) is 3.80. The molecule has 0 unspecified atom stereocenters. The summed E-state index contributed by atoms with van der Waals surface area (Å²) in [6, 6.07) is 6.09. The van der Waals surface area contributed by atoms with Gasteiger partial charge in [0.1, 0.15) is 0 Å². The van der Waals surface area contributed by atoms with Crippen LogP contribution in [0.2, 0.25) is 0 Å². The normalized spacial score (nSPS) is 20.1. The summed E-state index contributed by atoms with van der Waals surface area (Å²) in [4.78, 5) is 22.0. The minimum absolute atomic E-state index is 0.183. The van der Waals surface area contributed by atoms with Gasteiger partial charge in [-0.3, -0.25) is 4.79 Å². The van der Waals surface area contributed by atoms with Crippen LogP contribution in [0.3, 0.4) is 0 Å². The smallest absolute Gasteiger partial charge is 0.227 e. The number of nitrogens with one attached hydrogen (secondary N) is 1. The van der Waals surface area contributed by atoms with E-state index in [-0.39, 0.29) is 11.8 Å². The Hall–Kier alpha value is -1.66. The number of nitrogens with zero attached hydrogens (tertiary/aromatic N) is 3. The highest BCUT2D eigenvalue weighted by Gasteiger charge is 2.21. The molecule has 1 aliphatic carbocycles. The fourth-order valence-corrected chi connectivity index (χ4v) is 4.79. The van der Waals surface area contributed by atoms with Crippen LogP contribution >= 0.6 is 11.3 Å². The van der Waals surface area contributed by atoms with Crippen molar-refractivity contribution in [2.24, 2.45) is 5.92 Å². The summed E-state index contributed by atoms with van der Waals surface area (Å²) in [7, 11) is 2.16. The van der Waals surface area contributed by atoms with Gasteiger partial charge in [-0.15, -0.1) is 0 Å². The minimum atomic E-state index is 0.183. The molecule has 134 valence electrons. The number of hydrogen-bond acceptors (Lipinski definition) is 5. The first kappa shape index (κ1) is 16.8. The Morgan fingerprint density at radius 1 is 1.16 bits per heavy atom. The fraction of sp³-hybridized carbons (Fsp3) is 0.579. The Kier molecular flexibility index (Phi) is 4.90. The highest BCUT2D eigenvalue weighted by Crippen LogP contribution is 2.32. The van der Waals surface area contributed by atoms with Crippen molar-refractivity contribution >= 4 is 38.3 Å². The van der Waals surface area contributed by atoms with Crippen molar-refractivity contribution in [3.8, 4) is 0 Å². The molecule has 1 aliphatic heterocycles. The van der Waals surface area contributed by atoms with Gasteiger partial charge in [-0.25, -0.2) is 4.98 Å². The van der Waals surface area contributed by atoms with Gasteiger partial charge in [0.15, 0.2) is 5.13 Å². The van der Waals surface area contributed by atoms with Gasteiger partial charge in [0, 0.05) is 37.8 Å². The van der Waals surface area contributed by atoms with E-state index in [0.717, 1.165) is 60.1 Å². The molecule has 4 rings (SSSR count). The number of piperazine rings is 1. The Morgan fingerprint density at radius 3 is 2.68 bits per heavy atom. The number of amides is 1. The first-order valence-electron chi connectivity index (χ1n) is 9.34. The average Bonchev–Trinajstić information content (AvgIpc) is 3.06. The largest absolute Gasteiger partial charge is 0.345 e. The summed E-state index contributed by atoms with van der Waals surface area (Å²) in [6.45, 7) is 4.22. The van der Waals surface area contributed by atoms with Gasteiger partial charge in [-0.2, -0.15) is 0 Å². The van der Waals surface area contributed by atoms with Gasteiger partial charge < -0.3 is 15.1 Å². The monoisotopic (exact) mass is 358 g/mol. The zero-order chi connectivity index (χ0) is 17.2. The van der Waals surface area contributed by atoms with E-state index in [1.165, 1.54) is 19.3 Å². The summed E-state index contributed by atoms with van der Waals surface area (Å²) in [5.41, 5.74) is 1.92. The van der Waals surface area contributed by atoms with E-state index in [1.54, 1.807) is 11.3 Å². The molecular weight excluding hydrogens is 332 g/mol. The summed E-state index contributed by atoms with van der Waals surface area (Å²) in [5, 5.41) is 4.21. The second-order valence-corrected chi connectivity index (χ2v) is 8.30. The first-order chi connectivity index (χ1) is 12.2. The number of carbonyl (C=O) groups is 1. The average molecular weight is 359 g/mol. The standard InChI is InChI=1S/C19H26N4OS/c1-22-9-11-23(12-10-22)19-21-16-8-7-15(13-17(16)25-19)20-18(24)14-5-3-2-4-6-14/h7-8,13-14H,2-6,9-12H2,1H3,(H,20,24). The molecule has 5 nitrogen and oxygen atoms in total. The number of rotatable bonds is 3. The van der Waals surface area contributed by atoms with Crippen molar-refractivity contribution in [1.29, 1.82) is 0 Å². The molecule has 1 aromatic carbocycles. The van der Waals surface area contributed by atoms with Crippen molar-refractivity contribution in [2.45, 2.75) is 32.1 Å². The van der Waals surface area contributed by atoms with E-state index < -0.39 is 0 Å². The number of thiazole rings is 1. The topological polar surface area (TPSA) is 48.5 Å². The fourth-order valence-electron chi connectivity index (χ4n) is 3.73. The second-order valence-electron chi connectivity index (χ2n) is 7.29. The lowest BCUT2D eigenvalue weighted by Crippen LogP contribution is -2.44. The molecule has 1 aromatic heterocycles. The number of likely N-dealkylation sites (N-methyl/N-ethyl adjacent to an activating group) is 1. The van der Waals surface area contributed by atoms with Crippen LogP contribution in [0.4, 0.5) is 10.8 Å². The van der Waals surface area contributed by atoms with E-state index in [4.69, 9.17) is 4.98 Å². The quantitative estimate of drug-likeness (QED) is 0.911. The van der Waals surface area contributed by atoms with Crippen molar-refractivity contribution in [1.82, 2.24) is 9.88 Å². The molecule has 2 fully saturated rings. The number of fused-ring (bicyclic) bond motifs is 1. The summed E-state index contributed by atoms with van der Waals surface area (Å²) in [6.07, 6.45) is 5.69. The molecule has 2 aliphatic rings. The molecule has 2 aromatic rings. The Bertz CT molecular complexity index is 745. The van der Waals surface area contributed by atoms with Crippen LogP contribution in [-0.4, -0.2) is 49.0 Å². The molecule has 0 radical (unpaired) electrons. The number of benzene rings is 1. The van der Waals surface area contributed by atoms with Crippen LogP contribution in [0.25, 0.3) is 10.2 Å². The molecule has 25 heavy (non-hydrogen) atoms. The molecule has 1 N–H and O–H groups in total. The van der Waals surface area contributed by atoms with E-state index in [9.17, 15) is 4.79 Å². The predicted octanol–water partition coefficient (Wildman–Crippen LogP) is 3.57. The Balaban J connectivity index is 1.47. The van der Waals surface area contributed by atoms with Crippen molar-refractivity contribution in [2.75, 3.05) is 43.4 Å². The Labute approximate surface area is 153 Å². The van der Waals surface area contributed by atoms with Crippen LogP contribution in [0.1, 0.15) is 32.1 Å². The number of anilines is 2. The van der Waals surface area contributed by atoms with Crippen molar-refractivity contribution in [3.05, 3.63) is 18.2 Å². The summed E-state index contributed by atoms with van der Waals surface area (Å²) < 4.78 is 1.15. The van der Waals surface area contributed by atoms with Crippen LogP contribution in [0.5, 0.6) is 0 Å². The van der Waals surface area contributed by atoms with Crippen LogP contribution in [-0.2, 0) is 4.79 Å². The Morgan fingerprint density at radius 2 is 1.92 bits per heavy atom. The first-order valence-corrected chi connectivity index (χ1v) is 10.2. The zero-order valence-electron chi connectivity index (χ0n) is 14.8. The third-order valence-corrected chi connectivity index (χ3v) is 6.47. The number of carbonyl (C=O) groups excluding carboxylic acids is 1. The molecule has 0 bridgehead atoms. The maximum Gasteiger partial charge on any atom is 0.227 e. The molecule has 1 saturated heterocycles. The maximum atomic E-state index is 12.5. The van der Waals surface area contributed by atoms with E-state index in [2.05, 4.69) is 28.2 Å². The number of hydrogen-bond donors (Lipinski definition) is 1. The minimum Gasteiger partial charge on any atom is -0.345 e. The molecule has 1 amide bonds. The van der Waals surface area contributed by atoms with Gasteiger partial charge in [-0.1, -0.05) is 30.6 Å².